The average molecular weight is 348 g/mol. The smallest absolute Gasteiger partial charge is 0.274 e. The van der Waals surface area contributed by atoms with E-state index >= 15 is 0 Å². The Bertz CT molecular complexity index is 706. The van der Waals surface area contributed by atoms with Gasteiger partial charge >= 0.3 is 0 Å². The molecule has 0 spiro atoms. The molecular weight excluding hydrogens is 326 g/mol. The molecular formula is C18H22ClN3O2. The van der Waals surface area contributed by atoms with Crippen LogP contribution in [0.15, 0.2) is 36.5 Å². The molecule has 0 N–H and O–H groups in total. The van der Waals surface area contributed by atoms with Crippen molar-refractivity contribution >= 4 is 17.5 Å². The van der Waals surface area contributed by atoms with Gasteiger partial charge in [0.1, 0.15) is 5.75 Å². The van der Waals surface area contributed by atoms with Gasteiger partial charge in [-0.1, -0.05) is 23.7 Å². The summed E-state index contributed by atoms with van der Waals surface area (Å²) in [4.78, 5) is 14.7. The van der Waals surface area contributed by atoms with Crippen molar-refractivity contribution in [2.45, 2.75) is 51.9 Å². The minimum Gasteiger partial charge on any atom is -0.470 e. The lowest BCUT2D eigenvalue weighted by Gasteiger charge is -2.38. The zero-order valence-corrected chi connectivity index (χ0v) is 14.7. The van der Waals surface area contributed by atoms with E-state index in [0.717, 1.165) is 12.8 Å². The Hall–Kier alpha value is -2.01. The molecule has 1 saturated heterocycles. The Morgan fingerprint density at radius 2 is 1.96 bits per heavy atom. The van der Waals surface area contributed by atoms with Crippen LogP contribution in [0.3, 0.4) is 0 Å². The summed E-state index contributed by atoms with van der Waals surface area (Å²) in [6.45, 7) is 4.41. The topological polar surface area (TPSA) is 47.4 Å². The van der Waals surface area contributed by atoms with Gasteiger partial charge in [-0.05, 0) is 51.3 Å². The summed E-state index contributed by atoms with van der Waals surface area (Å²) >= 11 is 6.06. The van der Waals surface area contributed by atoms with Gasteiger partial charge < -0.3 is 9.64 Å². The Morgan fingerprint density at radius 1 is 1.25 bits per heavy atom. The highest BCUT2D eigenvalue weighted by Crippen LogP contribution is 2.25. The Morgan fingerprint density at radius 3 is 2.67 bits per heavy atom. The molecule has 2 unspecified atom stereocenters. The molecule has 1 aliphatic rings. The molecule has 0 radical (unpaired) electrons. The van der Waals surface area contributed by atoms with Gasteiger partial charge in [-0.3, -0.25) is 4.79 Å². The number of ether oxygens (including phenoxy) is 1. The fourth-order valence-corrected chi connectivity index (χ4v) is 3.39. The van der Waals surface area contributed by atoms with Crippen LogP contribution in [0.1, 0.15) is 43.6 Å². The van der Waals surface area contributed by atoms with Gasteiger partial charge in [0, 0.05) is 18.3 Å². The van der Waals surface area contributed by atoms with Crippen LogP contribution < -0.4 is 4.74 Å². The molecule has 24 heavy (non-hydrogen) atoms. The van der Waals surface area contributed by atoms with Gasteiger partial charge in [0.25, 0.3) is 5.91 Å². The zero-order chi connectivity index (χ0) is 17.1. The molecule has 1 aromatic carbocycles. The normalized spacial score (nSPS) is 20.9. The molecule has 0 saturated carbocycles. The number of para-hydroxylation sites is 1. The maximum absolute atomic E-state index is 12.8. The van der Waals surface area contributed by atoms with E-state index in [1.54, 1.807) is 29.1 Å². The molecule has 1 fully saturated rings. The fraction of sp³-hybridized carbons (Fsp3) is 0.444. The number of likely N-dealkylation sites (tertiary alicyclic amines) is 1. The first-order valence-corrected chi connectivity index (χ1v) is 8.67. The lowest BCUT2D eigenvalue weighted by atomic mass is 9.97. The van der Waals surface area contributed by atoms with E-state index in [0.29, 0.717) is 16.5 Å². The predicted octanol–water partition coefficient (Wildman–Crippen LogP) is 3.98. The van der Waals surface area contributed by atoms with Gasteiger partial charge in [-0.25, -0.2) is 4.68 Å². The highest BCUT2D eigenvalue weighted by atomic mass is 35.5. The minimum absolute atomic E-state index is 0.00815. The third kappa shape index (κ3) is 3.56. The number of benzene rings is 1. The molecule has 2 atom stereocenters. The summed E-state index contributed by atoms with van der Waals surface area (Å²) in [6, 6.07) is 9.53. The molecule has 2 aromatic rings. The highest BCUT2D eigenvalue weighted by molar-refractivity contribution is 6.32. The molecule has 1 amide bonds. The second-order valence-electron chi connectivity index (χ2n) is 6.29. The number of rotatable bonds is 4. The molecule has 3 rings (SSSR count). The number of halogens is 1. The molecule has 1 aromatic heterocycles. The maximum atomic E-state index is 12.8. The number of nitrogens with zero attached hydrogens (tertiary/aromatic N) is 3. The number of amides is 1. The van der Waals surface area contributed by atoms with Crippen LogP contribution >= 0.6 is 11.6 Å². The van der Waals surface area contributed by atoms with Crippen molar-refractivity contribution in [2.24, 2.45) is 0 Å². The number of aromatic nitrogens is 2. The Balaban J connectivity index is 1.66. The summed E-state index contributed by atoms with van der Waals surface area (Å²) in [6.07, 6.45) is 5.02. The van der Waals surface area contributed by atoms with Gasteiger partial charge in [0.05, 0.1) is 5.02 Å². The van der Waals surface area contributed by atoms with Crippen molar-refractivity contribution in [2.75, 3.05) is 0 Å². The first kappa shape index (κ1) is 16.8. The number of piperidine rings is 1. The van der Waals surface area contributed by atoms with E-state index in [9.17, 15) is 4.79 Å². The summed E-state index contributed by atoms with van der Waals surface area (Å²) in [5.41, 5.74) is 0.457. The molecule has 128 valence electrons. The Kier molecular flexibility index (Phi) is 5.09. The third-order valence-corrected chi connectivity index (χ3v) is 4.79. The summed E-state index contributed by atoms with van der Waals surface area (Å²) in [5, 5.41) is 4.91. The summed E-state index contributed by atoms with van der Waals surface area (Å²) in [7, 11) is 0. The molecule has 0 aliphatic carbocycles. The van der Waals surface area contributed by atoms with E-state index in [1.165, 1.54) is 6.42 Å². The number of carbonyl (C=O) groups excluding carboxylic acids is 1. The van der Waals surface area contributed by atoms with Crippen LogP contribution in [0.2, 0.25) is 5.02 Å². The SMILES string of the molecule is CC1CCCC(C)N1C(=O)c1ccn(COc2ccccc2Cl)n1. The van der Waals surface area contributed by atoms with Gasteiger partial charge in [0.2, 0.25) is 0 Å². The molecule has 1 aliphatic heterocycles. The standard InChI is InChI=1S/C18H22ClN3O2/c1-13-6-5-7-14(2)22(13)18(23)16-10-11-21(20-16)12-24-17-9-4-3-8-15(17)19/h3-4,8-11,13-14H,5-7,12H2,1-2H3. The second kappa shape index (κ2) is 7.26. The third-order valence-electron chi connectivity index (χ3n) is 4.48. The van der Waals surface area contributed by atoms with Crippen molar-refractivity contribution in [3.63, 3.8) is 0 Å². The van der Waals surface area contributed by atoms with Crippen molar-refractivity contribution in [3.8, 4) is 5.75 Å². The average Bonchev–Trinajstić information content (AvgIpc) is 3.03. The summed E-state index contributed by atoms with van der Waals surface area (Å²) in [5.74, 6) is 0.590. The van der Waals surface area contributed by atoms with Crippen LogP contribution in [0.4, 0.5) is 0 Å². The molecule has 0 bridgehead atoms. The van der Waals surface area contributed by atoms with Crippen molar-refractivity contribution < 1.29 is 9.53 Å². The zero-order valence-electron chi connectivity index (χ0n) is 14.0. The van der Waals surface area contributed by atoms with Gasteiger partial charge in [-0.15, -0.1) is 0 Å². The summed E-state index contributed by atoms with van der Waals surface area (Å²) < 4.78 is 7.25. The van der Waals surface area contributed by atoms with Gasteiger partial charge in [-0.2, -0.15) is 5.10 Å². The largest absolute Gasteiger partial charge is 0.470 e. The van der Waals surface area contributed by atoms with E-state index < -0.39 is 0 Å². The van der Waals surface area contributed by atoms with Crippen molar-refractivity contribution in [1.82, 2.24) is 14.7 Å². The van der Waals surface area contributed by atoms with Gasteiger partial charge in [0.15, 0.2) is 12.4 Å². The monoisotopic (exact) mass is 347 g/mol. The van der Waals surface area contributed by atoms with Crippen LogP contribution in [0.25, 0.3) is 0 Å². The van der Waals surface area contributed by atoms with E-state index in [-0.39, 0.29) is 24.7 Å². The quantitative estimate of drug-likeness (QED) is 0.840. The number of hydrogen-bond acceptors (Lipinski definition) is 3. The van der Waals surface area contributed by atoms with E-state index in [2.05, 4.69) is 18.9 Å². The highest BCUT2D eigenvalue weighted by Gasteiger charge is 2.30. The number of carbonyl (C=O) groups is 1. The van der Waals surface area contributed by atoms with Crippen molar-refractivity contribution in [3.05, 3.63) is 47.2 Å². The first-order chi connectivity index (χ1) is 11.6. The van der Waals surface area contributed by atoms with E-state index in [4.69, 9.17) is 16.3 Å². The van der Waals surface area contributed by atoms with Crippen LogP contribution in [0.5, 0.6) is 5.75 Å². The maximum Gasteiger partial charge on any atom is 0.274 e. The minimum atomic E-state index is -0.00815. The predicted molar refractivity (Wildman–Crippen MR) is 93.3 cm³/mol. The lowest BCUT2D eigenvalue weighted by molar-refractivity contribution is 0.0503. The number of hydrogen-bond donors (Lipinski definition) is 0. The molecule has 2 heterocycles. The molecule has 6 heteroatoms. The fourth-order valence-electron chi connectivity index (χ4n) is 3.20. The molecule has 5 nitrogen and oxygen atoms in total. The van der Waals surface area contributed by atoms with Crippen LogP contribution in [0, 0.1) is 0 Å². The van der Waals surface area contributed by atoms with E-state index in [1.807, 2.05) is 17.0 Å². The Labute approximate surface area is 147 Å². The van der Waals surface area contributed by atoms with Crippen LogP contribution in [-0.4, -0.2) is 32.7 Å². The van der Waals surface area contributed by atoms with Crippen LogP contribution in [-0.2, 0) is 6.73 Å². The first-order valence-electron chi connectivity index (χ1n) is 8.29. The lowest BCUT2D eigenvalue weighted by Crippen LogP contribution is -2.47. The van der Waals surface area contributed by atoms with Crippen molar-refractivity contribution in [1.29, 1.82) is 0 Å². The second-order valence-corrected chi connectivity index (χ2v) is 6.69.